The first-order valence-electron chi connectivity index (χ1n) is 7.64. The quantitative estimate of drug-likeness (QED) is 0.633. The number of carbonyl (C=O) groups excluding carboxylic acids is 1. The lowest BCUT2D eigenvalue weighted by Crippen LogP contribution is -2.29. The van der Waals surface area contributed by atoms with Crippen LogP contribution in [0.4, 0.5) is 0 Å². The fraction of sp³-hybridized carbons (Fsp3) is 0.235. The van der Waals surface area contributed by atoms with Crippen molar-refractivity contribution in [2.75, 3.05) is 5.75 Å². The molecule has 1 N–H and O–H groups in total. The van der Waals surface area contributed by atoms with Gasteiger partial charge in [-0.3, -0.25) is 9.20 Å². The highest BCUT2D eigenvalue weighted by molar-refractivity contribution is 9.10. The Morgan fingerprint density at radius 2 is 2.04 bits per heavy atom. The van der Waals surface area contributed by atoms with Gasteiger partial charge in [0.15, 0.2) is 10.8 Å². The predicted molar refractivity (Wildman–Crippen MR) is 99.0 cm³/mol. The minimum atomic E-state index is -0.0116. The maximum absolute atomic E-state index is 12.3. The fourth-order valence-electron chi connectivity index (χ4n) is 2.40. The number of carbonyl (C=O) groups is 1. The standard InChI is InChI=1S/C17H17BrN4OS/c1-2-14(12-6-8-13(18)9-7-12)19-16(23)11-24-17-21-20-15-5-3-4-10-22(15)17/h3-10,14H,2,11H2,1H3,(H,19,23)/t14-/m0/s1. The van der Waals surface area contributed by atoms with Crippen LogP contribution in [-0.4, -0.2) is 26.3 Å². The van der Waals surface area contributed by atoms with Crippen LogP contribution in [0.3, 0.4) is 0 Å². The first-order chi connectivity index (χ1) is 11.7. The third-order valence-corrected chi connectivity index (χ3v) is 5.10. The Morgan fingerprint density at radius 3 is 2.79 bits per heavy atom. The van der Waals surface area contributed by atoms with Crippen LogP contribution >= 0.6 is 27.7 Å². The number of nitrogens with one attached hydrogen (secondary N) is 1. The van der Waals surface area contributed by atoms with Crippen LogP contribution in [0.2, 0.25) is 0 Å². The Balaban J connectivity index is 1.61. The van der Waals surface area contributed by atoms with Gasteiger partial charge in [-0.15, -0.1) is 10.2 Å². The van der Waals surface area contributed by atoms with Crippen LogP contribution in [0.5, 0.6) is 0 Å². The van der Waals surface area contributed by atoms with Crippen molar-refractivity contribution in [3.63, 3.8) is 0 Å². The molecular weight excluding hydrogens is 388 g/mol. The summed E-state index contributed by atoms with van der Waals surface area (Å²) in [6.45, 7) is 2.06. The smallest absolute Gasteiger partial charge is 0.230 e. The second kappa shape index (κ2) is 7.81. The van der Waals surface area contributed by atoms with Crippen LogP contribution < -0.4 is 5.32 Å². The first kappa shape index (κ1) is 17.0. The van der Waals surface area contributed by atoms with Gasteiger partial charge in [-0.2, -0.15) is 0 Å². The first-order valence-corrected chi connectivity index (χ1v) is 9.42. The van der Waals surface area contributed by atoms with Crippen LogP contribution in [0.1, 0.15) is 24.9 Å². The van der Waals surface area contributed by atoms with E-state index in [0.717, 1.165) is 27.3 Å². The number of aromatic nitrogens is 3. The lowest BCUT2D eigenvalue weighted by Gasteiger charge is -2.17. The average molecular weight is 405 g/mol. The van der Waals surface area contributed by atoms with E-state index >= 15 is 0 Å². The topological polar surface area (TPSA) is 59.3 Å². The Labute approximate surface area is 153 Å². The summed E-state index contributed by atoms with van der Waals surface area (Å²) in [4.78, 5) is 12.3. The number of pyridine rings is 1. The van der Waals surface area contributed by atoms with E-state index in [9.17, 15) is 4.79 Å². The van der Waals surface area contributed by atoms with E-state index in [2.05, 4.69) is 38.4 Å². The summed E-state index contributed by atoms with van der Waals surface area (Å²) in [5.74, 6) is 0.297. The molecule has 0 spiro atoms. The summed E-state index contributed by atoms with van der Waals surface area (Å²) in [5.41, 5.74) is 1.88. The van der Waals surface area contributed by atoms with Crippen molar-refractivity contribution in [3.8, 4) is 0 Å². The largest absolute Gasteiger partial charge is 0.349 e. The van der Waals surface area contributed by atoms with E-state index in [0.29, 0.717) is 5.75 Å². The summed E-state index contributed by atoms with van der Waals surface area (Å²) in [5, 5.41) is 12.0. The molecule has 5 nitrogen and oxygen atoms in total. The molecule has 3 aromatic rings. The van der Waals surface area contributed by atoms with E-state index < -0.39 is 0 Å². The van der Waals surface area contributed by atoms with Gasteiger partial charge in [0, 0.05) is 10.7 Å². The molecule has 124 valence electrons. The molecule has 1 atom stereocenters. The minimum Gasteiger partial charge on any atom is -0.349 e. The van der Waals surface area contributed by atoms with Gasteiger partial charge in [0.2, 0.25) is 5.91 Å². The SMILES string of the molecule is CC[C@H](NC(=O)CSc1nnc2ccccn12)c1ccc(Br)cc1. The lowest BCUT2D eigenvalue weighted by molar-refractivity contribution is -0.119. The molecule has 0 saturated carbocycles. The van der Waals surface area contributed by atoms with Crippen LogP contribution in [-0.2, 0) is 4.79 Å². The molecule has 24 heavy (non-hydrogen) atoms. The van der Waals surface area contributed by atoms with Crippen molar-refractivity contribution < 1.29 is 4.79 Å². The van der Waals surface area contributed by atoms with Gasteiger partial charge in [0.25, 0.3) is 0 Å². The molecule has 2 aromatic heterocycles. The molecule has 1 aromatic carbocycles. The molecule has 0 aliphatic rings. The van der Waals surface area contributed by atoms with Gasteiger partial charge in [-0.05, 0) is 36.2 Å². The molecule has 0 radical (unpaired) electrons. The van der Waals surface area contributed by atoms with Crippen molar-refractivity contribution in [2.24, 2.45) is 0 Å². The van der Waals surface area contributed by atoms with Gasteiger partial charge in [-0.1, -0.05) is 52.8 Å². The number of amides is 1. The van der Waals surface area contributed by atoms with Gasteiger partial charge < -0.3 is 5.32 Å². The van der Waals surface area contributed by atoms with E-state index in [1.807, 2.05) is 53.1 Å². The fourth-order valence-corrected chi connectivity index (χ4v) is 3.40. The Morgan fingerprint density at radius 1 is 1.25 bits per heavy atom. The summed E-state index contributed by atoms with van der Waals surface area (Å²) in [6.07, 6.45) is 2.73. The monoisotopic (exact) mass is 404 g/mol. The van der Waals surface area contributed by atoms with Gasteiger partial charge >= 0.3 is 0 Å². The van der Waals surface area contributed by atoms with E-state index in [-0.39, 0.29) is 11.9 Å². The van der Waals surface area contributed by atoms with E-state index in [1.165, 1.54) is 11.8 Å². The van der Waals surface area contributed by atoms with Crippen LogP contribution in [0.15, 0.2) is 58.3 Å². The predicted octanol–water partition coefficient (Wildman–Crippen LogP) is 3.85. The molecule has 0 aliphatic heterocycles. The molecule has 2 heterocycles. The van der Waals surface area contributed by atoms with Crippen LogP contribution in [0.25, 0.3) is 5.65 Å². The summed E-state index contributed by atoms with van der Waals surface area (Å²) < 4.78 is 2.91. The Hall–Kier alpha value is -1.86. The summed E-state index contributed by atoms with van der Waals surface area (Å²) >= 11 is 4.81. The molecule has 0 saturated heterocycles. The number of benzene rings is 1. The highest BCUT2D eigenvalue weighted by Gasteiger charge is 2.14. The van der Waals surface area contributed by atoms with Crippen molar-refractivity contribution in [1.29, 1.82) is 0 Å². The zero-order valence-electron chi connectivity index (χ0n) is 13.1. The molecule has 3 rings (SSSR count). The molecule has 0 bridgehead atoms. The molecule has 0 fully saturated rings. The third-order valence-electron chi connectivity index (χ3n) is 3.63. The molecule has 1 amide bonds. The number of fused-ring (bicyclic) bond motifs is 1. The van der Waals surface area contributed by atoms with E-state index in [1.54, 1.807) is 0 Å². The number of hydrogen-bond acceptors (Lipinski definition) is 4. The zero-order valence-corrected chi connectivity index (χ0v) is 15.5. The maximum Gasteiger partial charge on any atom is 0.230 e. The number of rotatable bonds is 6. The second-order valence-electron chi connectivity index (χ2n) is 5.28. The summed E-state index contributed by atoms with van der Waals surface area (Å²) in [6, 6.07) is 13.8. The van der Waals surface area contributed by atoms with Gasteiger partial charge in [-0.25, -0.2) is 0 Å². The normalized spacial score (nSPS) is 12.2. The molecule has 0 unspecified atom stereocenters. The highest BCUT2D eigenvalue weighted by Crippen LogP contribution is 2.21. The summed E-state index contributed by atoms with van der Waals surface area (Å²) in [7, 11) is 0. The highest BCUT2D eigenvalue weighted by atomic mass is 79.9. The van der Waals surface area contributed by atoms with Gasteiger partial charge in [0.05, 0.1) is 11.8 Å². The zero-order chi connectivity index (χ0) is 16.9. The molecule has 7 heteroatoms. The third kappa shape index (κ3) is 3.96. The second-order valence-corrected chi connectivity index (χ2v) is 7.14. The lowest BCUT2D eigenvalue weighted by atomic mass is 10.0. The molecular formula is C17H17BrN4OS. The number of hydrogen-bond donors (Lipinski definition) is 1. The van der Waals surface area contributed by atoms with Crippen molar-refractivity contribution in [1.82, 2.24) is 19.9 Å². The van der Waals surface area contributed by atoms with Crippen molar-refractivity contribution in [2.45, 2.75) is 24.5 Å². The number of thioether (sulfide) groups is 1. The minimum absolute atomic E-state index is 0.0116. The molecule has 0 aliphatic carbocycles. The Bertz CT molecular complexity index is 834. The van der Waals surface area contributed by atoms with Crippen molar-refractivity contribution in [3.05, 3.63) is 58.7 Å². The number of nitrogens with zero attached hydrogens (tertiary/aromatic N) is 3. The van der Waals surface area contributed by atoms with Gasteiger partial charge in [0.1, 0.15) is 0 Å². The van der Waals surface area contributed by atoms with E-state index in [4.69, 9.17) is 0 Å². The maximum atomic E-state index is 12.3. The average Bonchev–Trinajstić information content (AvgIpc) is 3.02. The Kier molecular flexibility index (Phi) is 5.52. The van der Waals surface area contributed by atoms with Crippen molar-refractivity contribution >= 4 is 39.2 Å². The van der Waals surface area contributed by atoms with Crippen LogP contribution in [0, 0.1) is 0 Å². The number of halogens is 1.